The Bertz CT molecular complexity index is 711. The molecule has 0 bridgehead atoms. The number of urea groups is 1. The van der Waals surface area contributed by atoms with Crippen molar-refractivity contribution < 1.29 is 9.59 Å². The minimum Gasteiger partial charge on any atom is -0.356 e. The van der Waals surface area contributed by atoms with Crippen molar-refractivity contribution in [2.24, 2.45) is 5.92 Å². The smallest absolute Gasteiger partial charge is 0.321 e. The molecule has 1 atom stereocenters. The minimum absolute atomic E-state index is 0.0382. The summed E-state index contributed by atoms with van der Waals surface area (Å²) >= 11 is 0. The first-order valence-corrected chi connectivity index (χ1v) is 11.2. The largest absolute Gasteiger partial charge is 0.356 e. The average Bonchev–Trinajstić information content (AvgIpc) is 2.75. The summed E-state index contributed by atoms with van der Waals surface area (Å²) in [4.78, 5) is 26.6. The molecule has 1 heterocycles. The van der Waals surface area contributed by atoms with Gasteiger partial charge in [-0.05, 0) is 76.3 Å². The van der Waals surface area contributed by atoms with Crippen LogP contribution in [0.3, 0.4) is 0 Å². The number of benzene rings is 1. The maximum absolute atomic E-state index is 12.6. The molecule has 0 saturated carbocycles. The van der Waals surface area contributed by atoms with Crippen LogP contribution in [0.25, 0.3) is 0 Å². The molecule has 29 heavy (non-hydrogen) atoms. The van der Waals surface area contributed by atoms with E-state index in [0.29, 0.717) is 12.3 Å². The predicted octanol–water partition coefficient (Wildman–Crippen LogP) is 5.03. The number of likely N-dealkylation sites (tertiary alicyclic amines) is 1. The van der Waals surface area contributed by atoms with Gasteiger partial charge in [-0.3, -0.25) is 4.79 Å². The standard InChI is InChI=1S/C24H35N3O2/c1-19-9-12-22(13-10-19)26-24(29)27-17-5-8-21(18-27)11-14-23(28)25-16-15-20-6-3-2-4-7-20/h6,9-10,12-13,21H,2-5,7-8,11,14-18H2,1H3,(H,25,28)(H,26,29)/t21-/m1/s1. The Morgan fingerprint density at radius 2 is 1.97 bits per heavy atom. The molecular weight excluding hydrogens is 362 g/mol. The third-order valence-electron chi connectivity index (χ3n) is 6.04. The van der Waals surface area contributed by atoms with Crippen LogP contribution in [0.2, 0.25) is 0 Å². The van der Waals surface area contributed by atoms with Crippen molar-refractivity contribution in [2.45, 2.75) is 64.7 Å². The number of anilines is 1. The Kier molecular flexibility index (Phi) is 8.14. The monoisotopic (exact) mass is 397 g/mol. The summed E-state index contributed by atoms with van der Waals surface area (Å²) in [7, 11) is 0. The van der Waals surface area contributed by atoms with Crippen molar-refractivity contribution in [3.63, 3.8) is 0 Å². The third kappa shape index (κ3) is 7.22. The molecule has 158 valence electrons. The summed E-state index contributed by atoms with van der Waals surface area (Å²) < 4.78 is 0. The van der Waals surface area contributed by atoms with Gasteiger partial charge >= 0.3 is 6.03 Å². The van der Waals surface area contributed by atoms with Gasteiger partial charge in [0.2, 0.25) is 5.91 Å². The van der Waals surface area contributed by atoms with Crippen molar-refractivity contribution in [1.82, 2.24) is 10.2 Å². The summed E-state index contributed by atoms with van der Waals surface area (Å²) in [5, 5.41) is 6.05. The molecule has 5 heteroatoms. The van der Waals surface area contributed by atoms with Crippen LogP contribution in [0, 0.1) is 12.8 Å². The van der Waals surface area contributed by atoms with E-state index >= 15 is 0 Å². The maximum atomic E-state index is 12.6. The number of carbonyl (C=O) groups excluding carboxylic acids is 2. The molecule has 5 nitrogen and oxygen atoms in total. The molecule has 2 N–H and O–H groups in total. The van der Waals surface area contributed by atoms with Crippen LogP contribution in [-0.4, -0.2) is 36.5 Å². The van der Waals surface area contributed by atoms with Crippen molar-refractivity contribution in [3.8, 4) is 0 Å². The highest BCUT2D eigenvalue weighted by Gasteiger charge is 2.24. The fraction of sp³-hybridized carbons (Fsp3) is 0.583. The molecule has 1 aliphatic heterocycles. The van der Waals surface area contributed by atoms with Crippen molar-refractivity contribution in [3.05, 3.63) is 41.5 Å². The molecule has 0 aromatic heterocycles. The van der Waals surface area contributed by atoms with Crippen LogP contribution >= 0.6 is 0 Å². The molecule has 1 aliphatic carbocycles. The van der Waals surface area contributed by atoms with Gasteiger partial charge in [0.15, 0.2) is 0 Å². The Hall–Kier alpha value is -2.30. The van der Waals surface area contributed by atoms with Crippen LogP contribution in [-0.2, 0) is 4.79 Å². The van der Waals surface area contributed by atoms with Gasteiger partial charge in [-0.15, -0.1) is 0 Å². The number of amides is 3. The molecule has 0 radical (unpaired) electrons. The molecule has 1 fully saturated rings. The zero-order chi connectivity index (χ0) is 20.5. The van der Waals surface area contributed by atoms with E-state index in [-0.39, 0.29) is 11.9 Å². The Morgan fingerprint density at radius 3 is 2.72 bits per heavy atom. The molecule has 1 aromatic carbocycles. The first kappa shape index (κ1) is 21.4. The highest BCUT2D eigenvalue weighted by molar-refractivity contribution is 5.89. The summed E-state index contributed by atoms with van der Waals surface area (Å²) in [5.74, 6) is 0.543. The first-order chi connectivity index (χ1) is 14.1. The van der Waals surface area contributed by atoms with Gasteiger partial charge < -0.3 is 15.5 Å². The van der Waals surface area contributed by atoms with E-state index in [2.05, 4.69) is 16.7 Å². The van der Waals surface area contributed by atoms with E-state index in [1.54, 1.807) is 0 Å². The number of allylic oxidation sites excluding steroid dienone is 1. The number of hydrogen-bond donors (Lipinski definition) is 2. The van der Waals surface area contributed by atoms with Crippen LogP contribution in [0.1, 0.15) is 63.4 Å². The molecule has 3 amide bonds. The summed E-state index contributed by atoms with van der Waals surface area (Å²) in [5.41, 5.74) is 3.50. The summed E-state index contributed by atoms with van der Waals surface area (Å²) in [6, 6.07) is 7.82. The van der Waals surface area contributed by atoms with Gasteiger partial charge in [0.25, 0.3) is 0 Å². The molecule has 2 aliphatic rings. The lowest BCUT2D eigenvalue weighted by atomic mass is 9.93. The van der Waals surface area contributed by atoms with E-state index in [0.717, 1.165) is 51.0 Å². The van der Waals surface area contributed by atoms with Crippen LogP contribution < -0.4 is 10.6 Å². The Morgan fingerprint density at radius 1 is 1.14 bits per heavy atom. The second kappa shape index (κ2) is 11.0. The second-order valence-corrected chi connectivity index (χ2v) is 8.50. The van der Waals surface area contributed by atoms with Gasteiger partial charge in [-0.1, -0.05) is 29.3 Å². The summed E-state index contributed by atoms with van der Waals surface area (Å²) in [6.07, 6.45) is 11.8. The van der Waals surface area contributed by atoms with Gasteiger partial charge in [-0.25, -0.2) is 4.79 Å². The average molecular weight is 398 g/mol. The normalized spacial score (nSPS) is 19.4. The van der Waals surface area contributed by atoms with E-state index in [1.165, 1.54) is 36.8 Å². The molecule has 1 saturated heterocycles. The molecular formula is C24H35N3O2. The van der Waals surface area contributed by atoms with E-state index < -0.39 is 0 Å². The number of aryl methyl sites for hydroxylation is 1. The van der Waals surface area contributed by atoms with Crippen molar-refractivity contribution in [2.75, 3.05) is 25.0 Å². The number of carbonyl (C=O) groups is 2. The number of rotatable bonds is 7. The number of hydrogen-bond acceptors (Lipinski definition) is 2. The molecule has 3 rings (SSSR count). The van der Waals surface area contributed by atoms with Gasteiger partial charge in [-0.2, -0.15) is 0 Å². The molecule has 0 unspecified atom stereocenters. The molecule has 1 aromatic rings. The highest BCUT2D eigenvalue weighted by Crippen LogP contribution is 2.22. The number of piperidine rings is 1. The minimum atomic E-state index is -0.0382. The first-order valence-electron chi connectivity index (χ1n) is 11.2. The SMILES string of the molecule is Cc1ccc(NC(=O)N2CCC[C@H](CCC(=O)NCCC3=CCCCC3)C2)cc1. The lowest BCUT2D eigenvalue weighted by molar-refractivity contribution is -0.121. The maximum Gasteiger partial charge on any atom is 0.321 e. The lowest BCUT2D eigenvalue weighted by Gasteiger charge is -2.32. The van der Waals surface area contributed by atoms with E-state index in [1.807, 2.05) is 36.1 Å². The van der Waals surface area contributed by atoms with Gasteiger partial charge in [0, 0.05) is 31.7 Å². The topological polar surface area (TPSA) is 61.4 Å². The Balaban J connectivity index is 1.35. The molecule has 0 spiro atoms. The van der Waals surface area contributed by atoms with Crippen molar-refractivity contribution >= 4 is 17.6 Å². The fourth-order valence-electron chi connectivity index (χ4n) is 4.24. The Labute approximate surface area is 174 Å². The predicted molar refractivity (Wildman–Crippen MR) is 118 cm³/mol. The van der Waals surface area contributed by atoms with Crippen LogP contribution in [0.4, 0.5) is 10.5 Å². The van der Waals surface area contributed by atoms with Crippen LogP contribution in [0.15, 0.2) is 35.9 Å². The van der Waals surface area contributed by atoms with E-state index in [4.69, 9.17) is 0 Å². The summed E-state index contributed by atoms with van der Waals surface area (Å²) in [6.45, 7) is 4.30. The van der Waals surface area contributed by atoms with E-state index in [9.17, 15) is 9.59 Å². The quantitative estimate of drug-likeness (QED) is 0.634. The highest BCUT2D eigenvalue weighted by atomic mass is 16.2. The zero-order valence-corrected chi connectivity index (χ0v) is 17.7. The number of nitrogens with one attached hydrogen (secondary N) is 2. The van der Waals surface area contributed by atoms with Crippen LogP contribution in [0.5, 0.6) is 0 Å². The third-order valence-corrected chi connectivity index (χ3v) is 6.04. The zero-order valence-electron chi connectivity index (χ0n) is 17.7. The number of nitrogens with zero attached hydrogens (tertiary/aromatic N) is 1. The van der Waals surface area contributed by atoms with Gasteiger partial charge in [0.1, 0.15) is 0 Å². The lowest BCUT2D eigenvalue weighted by Crippen LogP contribution is -2.42. The second-order valence-electron chi connectivity index (χ2n) is 8.50. The fourth-order valence-corrected chi connectivity index (χ4v) is 4.24. The van der Waals surface area contributed by atoms with Gasteiger partial charge in [0.05, 0.1) is 0 Å². The van der Waals surface area contributed by atoms with Crippen molar-refractivity contribution in [1.29, 1.82) is 0 Å².